The molecule has 2 N–H and O–H groups in total. The molecule has 1 unspecified atom stereocenters. The van der Waals surface area contributed by atoms with Gasteiger partial charge < -0.3 is 20.0 Å². The smallest absolute Gasteiger partial charge is 0.191 e. The second-order valence-corrected chi connectivity index (χ2v) is 7.43. The van der Waals surface area contributed by atoms with Crippen LogP contribution in [0.1, 0.15) is 22.2 Å². The summed E-state index contributed by atoms with van der Waals surface area (Å²) in [6.07, 6.45) is 0. The number of para-hydroxylation sites is 1. The molecule has 5 nitrogen and oxygen atoms in total. The number of nitrogens with zero attached hydrogens (tertiary/aromatic N) is 2. The lowest BCUT2D eigenvalue weighted by atomic mass is 10.1. The molecule has 1 aromatic carbocycles. The second kappa shape index (κ2) is 8.38. The van der Waals surface area contributed by atoms with Crippen molar-refractivity contribution in [3.05, 3.63) is 58.0 Å². The molecule has 138 valence electrons. The maximum Gasteiger partial charge on any atom is 0.191 e. The van der Waals surface area contributed by atoms with Crippen LogP contribution in [0.15, 0.2) is 51.2 Å². The van der Waals surface area contributed by atoms with E-state index < -0.39 is 0 Å². The van der Waals surface area contributed by atoms with Crippen LogP contribution in [0.5, 0.6) is 0 Å². The highest BCUT2D eigenvalue weighted by molar-refractivity contribution is 7.10. The standard InChI is InChI=1S/C20H26N4OS/c1-14-15-8-5-6-9-17(15)25-18(14)13-23-20(21-2)22-12-16(24(3)4)19-10-7-11-26-19/h5-11,16H,12-13H2,1-4H3,(H2,21,22,23). The van der Waals surface area contributed by atoms with Crippen LogP contribution in [0.3, 0.4) is 0 Å². The van der Waals surface area contributed by atoms with Crippen molar-refractivity contribution in [2.45, 2.75) is 19.5 Å². The van der Waals surface area contributed by atoms with Gasteiger partial charge in [0, 0.05) is 29.4 Å². The van der Waals surface area contributed by atoms with E-state index in [4.69, 9.17) is 4.42 Å². The SMILES string of the molecule is CN=C(NCc1oc2ccccc2c1C)NCC(c1cccs1)N(C)C. The highest BCUT2D eigenvalue weighted by Crippen LogP contribution is 2.25. The van der Waals surface area contributed by atoms with Crippen LogP contribution in [0, 0.1) is 6.92 Å². The Morgan fingerprint density at radius 3 is 2.65 bits per heavy atom. The first-order chi connectivity index (χ1) is 12.6. The van der Waals surface area contributed by atoms with Gasteiger partial charge in [-0.15, -0.1) is 11.3 Å². The van der Waals surface area contributed by atoms with Crippen molar-refractivity contribution in [1.82, 2.24) is 15.5 Å². The van der Waals surface area contributed by atoms with E-state index in [1.54, 1.807) is 18.4 Å². The van der Waals surface area contributed by atoms with Gasteiger partial charge in [0.15, 0.2) is 5.96 Å². The molecule has 0 saturated carbocycles. The summed E-state index contributed by atoms with van der Waals surface area (Å²) in [6, 6.07) is 12.7. The molecular formula is C20H26N4OS. The largest absolute Gasteiger partial charge is 0.459 e. The lowest BCUT2D eigenvalue weighted by Gasteiger charge is -2.24. The zero-order valence-corrected chi connectivity index (χ0v) is 16.6. The summed E-state index contributed by atoms with van der Waals surface area (Å²) in [5.74, 6) is 1.71. The molecule has 2 heterocycles. The van der Waals surface area contributed by atoms with E-state index in [2.05, 4.69) is 65.1 Å². The Bertz CT molecular complexity index is 867. The second-order valence-electron chi connectivity index (χ2n) is 6.45. The van der Waals surface area contributed by atoms with E-state index in [0.717, 1.165) is 29.2 Å². The van der Waals surface area contributed by atoms with Crippen LogP contribution in [-0.4, -0.2) is 38.5 Å². The van der Waals surface area contributed by atoms with Gasteiger partial charge in [-0.3, -0.25) is 4.99 Å². The van der Waals surface area contributed by atoms with Gasteiger partial charge in [0.1, 0.15) is 11.3 Å². The van der Waals surface area contributed by atoms with E-state index in [1.165, 1.54) is 10.4 Å². The van der Waals surface area contributed by atoms with Gasteiger partial charge in [0.25, 0.3) is 0 Å². The average molecular weight is 371 g/mol. The number of hydrogen-bond acceptors (Lipinski definition) is 4. The molecule has 6 heteroatoms. The summed E-state index contributed by atoms with van der Waals surface area (Å²) in [4.78, 5) is 7.89. The fourth-order valence-electron chi connectivity index (χ4n) is 2.99. The maximum absolute atomic E-state index is 5.96. The molecule has 3 aromatic rings. The van der Waals surface area contributed by atoms with Crippen LogP contribution in [0.25, 0.3) is 11.0 Å². The van der Waals surface area contributed by atoms with Crippen molar-refractivity contribution in [2.24, 2.45) is 4.99 Å². The van der Waals surface area contributed by atoms with Crippen molar-refractivity contribution in [1.29, 1.82) is 0 Å². The summed E-state index contributed by atoms with van der Waals surface area (Å²) < 4.78 is 5.96. The molecule has 0 amide bonds. The Morgan fingerprint density at radius 2 is 2.00 bits per heavy atom. The third kappa shape index (κ3) is 4.08. The third-order valence-corrected chi connectivity index (χ3v) is 5.51. The first-order valence-corrected chi connectivity index (χ1v) is 9.59. The zero-order chi connectivity index (χ0) is 18.5. The number of aryl methyl sites for hydroxylation is 1. The predicted octanol–water partition coefficient (Wildman–Crippen LogP) is 3.77. The number of thiophene rings is 1. The van der Waals surface area contributed by atoms with E-state index in [9.17, 15) is 0 Å². The Morgan fingerprint density at radius 1 is 1.19 bits per heavy atom. The van der Waals surface area contributed by atoms with Crippen LogP contribution in [0.4, 0.5) is 0 Å². The number of benzene rings is 1. The third-order valence-electron chi connectivity index (χ3n) is 4.54. The molecule has 0 aliphatic rings. The molecule has 0 spiro atoms. The molecule has 0 radical (unpaired) electrons. The van der Waals surface area contributed by atoms with Crippen molar-refractivity contribution in [2.75, 3.05) is 27.7 Å². The van der Waals surface area contributed by atoms with E-state index in [-0.39, 0.29) is 0 Å². The number of rotatable bonds is 6. The summed E-state index contributed by atoms with van der Waals surface area (Å²) in [6.45, 7) is 3.48. The maximum atomic E-state index is 5.96. The van der Waals surface area contributed by atoms with E-state index in [0.29, 0.717) is 12.6 Å². The van der Waals surface area contributed by atoms with Gasteiger partial charge in [-0.2, -0.15) is 0 Å². The van der Waals surface area contributed by atoms with Crippen LogP contribution in [0.2, 0.25) is 0 Å². The van der Waals surface area contributed by atoms with E-state index >= 15 is 0 Å². The Hall–Kier alpha value is -2.31. The Kier molecular flexibility index (Phi) is 5.96. The average Bonchev–Trinajstić information content (AvgIpc) is 3.27. The summed E-state index contributed by atoms with van der Waals surface area (Å²) in [5.41, 5.74) is 2.10. The van der Waals surface area contributed by atoms with Gasteiger partial charge in [0.05, 0.1) is 12.6 Å². The molecule has 2 aromatic heterocycles. The first kappa shape index (κ1) is 18.5. The van der Waals surface area contributed by atoms with E-state index in [1.807, 2.05) is 18.2 Å². The fraction of sp³-hybridized carbons (Fsp3) is 0.350. The van der Waals surface area contributed by atoms with Gasteiger partial charge in [-0.05, 0) is 38.5 Å². The predicted molar refractivity (Wildman–Crippen MR) is 110 cm³/mol. The van der Waals surface area contributed by atoms with Gasteiger partial charge >= 0.3 is 0 Å². The summed E-state index contributed by atoms with van der Waals surface area (Å²) in [5, 5.41) is 10.1. The molecule has 0 bridgehead atoms. The van der Waals surface area contributed by atoms with Crippen molar-refractivity contribution in [3.63, 3.8) is 0 Å². The zero-order valence-electron chi connectivity index (χ0n) is 15.7. The number of furan rings is 1. The van der Waals surface area contributed by atoms with Crippen LogP contribution >= 0.6 is 11.3 Å². The first-order valence-electron chi connectivity index (χ1n) is 8.71. The Labute approximate surface area is 158 Å². The molecule has 26 heavy (non-hydrogen) atoms. The quantitative estimate of drug-likeness (QED) is 0.512. The molecule has 3 rings (SSSR count). The molecule has 0 saturated heterocycles. The lowest BCUT2D eigenvalue weighted by Crippen LogP contribution is -2.41. The van der Waals surface area contributed by atoms with Crippen molar-refractivity contribution >= 4 is 28.3 Å². The molecule has 0 fully saturated rings. The molecule has 0 aliphatic heterocycles. The number of guanidine groups is 1. The summed E-state index contributed by atoms with van der Waals surface area (Å²) in [7, 11) is 5.98. The van der Waals surface area contributed by atoms with Crippen molar-refractivity contribution in [3.8, 4) is 0 Å². The minimum Gasteiger partial charge on any atom is -0.459 e. The number of hydrogen-bond donors (Lipinski definition) is 2. The molecule has 1 atom stereocenters. The minimum absolute atomic E-state index is 0.307. The van der Waals surface area contributed by atoms with Gasteiger partial charge in [-0.25, -0.2) is 0 Å². The van der Waals surface area contributed by atoms with Crippen molar-refractivity contribution < 1.29 is 4.42 Å². The normalized spacial score (nSPS) is 13.3. The fourth-order valence-corrected chi connectivity index (χ4v) is 3.91. The number of aliphatic imine (C=N–C) groups is 1. The van der Waals surface area contributed by atoms with Crippen LogP contribution in [-0.2, 0) is 6.54 Å². The Balaban J connectivity index is 1.61. The number of likely N-dealkylation sites (N-methyl/N-ethyl adjacent to an activating group) is 1. The summed E-state index contributed by atoms with van der Waals surface area (Å²) >= 11 is 1.78. The van der Waals surface area contributed by atoms with Gasteiger partial charge in [0.2, 0.25) is 0 Å². The number of fused-ring (bicyclic) bond motifs is 1. The highest BCUT2D eigenvalue weighted by atomic mass is 32.1. The topological polar surface area (TPSA) is 52.8 Å². The highest BCUT2D eigenvalue weighted by Gasteiger charge is 2.16. The number of nitrogens with one attached hydrogen (secondary N) is 2. The molecular weight excluding hydrogens is 344 g/mol. The minimum atomic E-state index is 0.307. The molecule has 0 aliphatic carbocycles. The van der Waals surface area contributed by atoms with Crippen LogP contribution < -0.4 is 10.6 Å². The lowest BCUT2D eigenvalue weighted by molar-refractivity contribution is 0.302. The monoisotopic (exact) mass is 370 g/mol. The van der Waals surface area contributed by atoms with Gasteiger partial charge in [-0.1, -0.05) is 24.3 Å².